The van der Waals surface area contributed by atoms with E-state index >= 15 is 0 Å². The van der Waals surface area contributed by atoms with E-state index in [2.05, 4.69) is 51.2 Å². The highest BCUT2D eigenvalue weighted by Crippen LogP contribution is 2.46. The summed E-state index contributed by atoms with van der Waals surface area (Å²) in [6.07, 6.45) is 13.3. The van der Waals surface area contributed by atoms with Crippen LogP contribution in [0.25, 0.3) is 6.08 Å². The van der Waals surface area contributed by atoms with Crippen molar-refractivity contribution in [2.45, 2.75) is 60.3 Å². The number of aldehydes is 1. The van der Waals surface area contributed by atoms with Gasteiger partial charge in [-0.2, -0.15) is 0 Å². The highest BCUT2D eigenvalue weighted by atomic mass is 16.5. The van der Waals surface area contributed by atoms with Crippen molar-refractivity contribution in [2.75, 3.05) is 7.11 Å². The van der Waals surface area contributed by atoms with Crippen LogP contribution in [0.3, 0.4) is 0 Å². The first-order valence-corrected chi connectivity index (χ1v) is 16.9. The fraction of sp³-hybridized carbons (Fsp3) is 0.293. The first kappa shape index (κ1) is 32.2. The molecule has 2 atom stereocenters. The number of aliphatic hydroxyl groups excluding tert-OH is 1. The van der Waals surface area contributed by atoms with Crippen molar-refractivity contribution in [1.29, 1.82) is 0 Å². The Bertz CT molecular complexity index is 2100. The molecule has 1 aromatic carbocycles. The van der Waals surface area contributed by atoms with Gasteiger partial charge in [0.05, 0.1) is 41.3 Å². The third kappa shape index (κ3) is 5.55. The largest absolute Gasteiger partial charge is 0.511 e. The van der Waals surface area contributed by atoms with Crippen LogP contribution in [0.2, 0.25) is 0 Å². The maximum Gasteiger partial charge on any atom is 0.305 e. The molecule has 0 amide bonds. The van der Waals surface area contributed by atoms with Gasteiger partial charge in [0.2, 0.25) is 0 Å². The smallest absolute Gasteiger partial charge is 0.305 e. The number of nitrogens with one attached hydrogen (secondary N) is 1. The first-order chi connectivity index (χ1) is 23.6. The van der Waals surface area contributed by atoms with Gasteiger partial charge in [-0.25, -0.2) is 15.0 Å². The van der Waals surface area contributed by atoms with Gasteiger partial charge in [0.1, 0.15) is 12.0 Å². The average molecular weight is 653 g/mol. The van der Waals surface area contributed by atoms with Crippen LogP contribution in [0.5, 0.6) is 0 Å². The topological polar surface area (TPSA) is 113 Å². The molecular weight excluding hydrogens is 612 g/mol. The van der Waals surface area contributed by atoms with Gasteiger partial charge in [0.15, 0.2) is 0 Å². The molecule has 0 spiro atoms. The van der Waals surface area contributed by atoms with E-state index in [1.807, 2.05) is 43.3 Å². The number of aliphatic hydroxyl groups is 1. The Morgan fingerprint density at radius 2 is 1.67 bits per heavy atom. The van der Waals surface area contributed by atoms with Gasteiger partial charge >= 0.3 is 5.97 Å². The van der Waals surface area contributed by atoms with Gasteiger partial charge in [-0.3, -0.25) is 9.59 Å². The Balaban J connectivity index is 1.42. The zero-order valence-corrected chi connectivity index (χ0v) is 28.8. The number of hydrogen-bond acceptors (Lipinski definition) is 8. The van der Waals surface area contributed by atoms with Crippen molar-refractivity contribution in [3.05, 3.63) is 133 Å². The molecular formula is C41H40N4O4. The van der Waals surface area contributed by atoms with Crippen LogP contribution in [0, 0.1) is 11.8 Å². The number of rotatable bonds is 7. The van der Waals surface area contributed by atoms with Gasteiger partial charge in [0.25, 0.3) is 0 Å². The maximum atomic E-state index is 12.3. The zero-order valence-electron chi connectivity index (χ0n) is 28.8. The fourth-order valence-electron chi connectivity index (χ4n) is 7.58. The Morgan fingerprint density at radius 3 is 2.39 bits per heavy atom. The summed E-state index contributed by atoms with van der Waals surface area (Å²) in [6.45, 7) is 10.5. The minimum atomic E-state index is -0.248. The van der Waals surface area contributed by atoms with E-state index in [1.54, 1.807) is 0 Å². The van der Waals surface area contributed by atoms with Crippen LogP contribution in [0.15, 0.2) is 137 Å². The number of hydrogen-bond donors (Lipinski definition) is 2. The molecule has 8 nitrogen and oxygen atoms in total. The molecule has 6 aliphatic rings. The second-order valence-corrected chi connectivity index (χ2v) is 13.3. The lowest BCUT2D eigenvalue weighted by Crippen LogP contribution is -2.16. The fourth-order valence-corrected chi connectivity index (χ4v) is 7.58. The number of nitrogens with zero attached hydrogens (tertiary/aromatic N) is 3. The molecule has 248 valence electrons. The van der Waals surface area contributed by atoms with Crippen molar-refractivity contribution in [3.8, 4) is 0 Å². The van der Waals surface area contributed by atoms with Gasteiger partial charge in [-0.15, -0.1) is 0 Å². The summed E-state index contributed by atoms with van der Waals surface area (Å²) in [6, 6.07) is 7.49. The van der Waals surface area contributed by atoms with Crippen LogP contribution < -0.4 is 5.32 Å². The van der Waals surface area contributed by atoms with E-state index in [-0.39, 0.29) is 24.2 Å². The number of esters is 1. The van der Waals surface area contributed by atoms with E-state index in [4.69, 9.17) is 19.7 Å². The molecule has 0 aromatic heterocycles. The van der Waals surface area contributed by atoms with Crippen LogP contribution in [0.4, 0.5) is 0 Å². The predicted octanol–water partition coefficient (Wildman–Crippen LogP) is 8.14. The number of carbonyl (C=O) groups excluding carboxylic acids is 2. The molecule has 2 N–H and O–H groups in total. The molecule has 5 aliphatic heterocycles. The summed E-state index contributed by atoms with van der Waals surface area (Å²) in [7, 11) is 1.42. The average Bonchev–Trinajstić information content (AvgIpc) is 3.85. The summed E-state index contributed by atoms with van der Waals surface area (Å²) in [4.78, 5) is 39.0. The number of benzene rings is 1. The molecule has 8 bridgehead atoms. The third-order valence-corrected chi connectivity index (χ3v) is 10.5. The Morgan fingerprint density at radius 1 is 0.959 bits per heavy atom. The van der Waals surface area contributed by atoms with Crippen LogP contribution in [-0.2, 0) is 9.53 Å². The Labute approximate surface area is 286 Å². The number of fused-ring (bicyclic) bond motifs is 5. The highest BCUT2D eigenvalue weighted by Gasteiger charge is 2.41. The molecule has 0 saturated carbocycles. The molecule has 49 heavy (non-hydrogen) atoms. The van der Waals surface area contributed by atoms with Crippen molar-refractivity contribution in [1.82, 2.24) is 5.32 Å². The van der Waals surface area contributed by atoms with Crippen LogP contribution in [0.1, 0.15) is 76.2 Å². The second kappa shape index (κ2) is 12.6. The summed E-state index contributed by atoms with van der Waals surface area (Å²) >= 11 is 0. The van der Waals surface area contributed by atoms with E-state index in [0.717, 1.165) is 103 Å². The van der Waals surface area contributed by atoms with E-state index in [1.165, 1.54) is 7.11 Å². The summed E-state index contributed by atoms with van der Waals surface area (Å²) < 4.78 is 5.01. The van der Waals surface area contributed by atoms with Crippen molar-refractivity contribution in [2.24, 2.45) is 26.8 Å². The molecule has 0 unspecified atom stereocenters. The zero-order chi connectivity index (χ0) is 34.6. The van der Waals surface area contributed by atoms with Gasteiger partial charge in [-0.05, 0) is 79.7 Å². The van der Waals surface area contributed by atoms with E-state index in [0.29, 0.717) is 24.2 Å². The van der Waals surface area contributed by atoms with E-state index < -0.39 is 0 Å². The minimum Gasteiger partial charge on any atom is -0.511 e. The molecule has 1 aliphatic carbocycles. The molecule has 8 heteroatoms. The lowest BCUT2D eigenvalue weighted by Gasteiger charge is -2.17. The third-order valence-electron chi connectivity index (χ3n) is 10.5. The normalized spacial score (nSPS) is 22.9. The standard InChI is InChI=1S/C41H40N4O4/c1-7-27-21(2)32-18-36-28(13-12-25-8-10-26(20-46)11-9-25)22(3)31(43-36)17-33-23(4)29(14-15-38(48)49-6)40(44-33)30-16-37(47)39-24(5)34(45-41(30)39)19-35(27)42-32/h8-13,17-20,23,29,44,47H,7,14-16H2,1-6H3/b13-12-,33-17?,35-19?,36-18?,40-30?/t23-,29-/m0/s1. The number of allylic oxidation sites excluding steroid dienone is 12. The SMILES string of the molecule is CCC1=C(C)C2=NC1=CC1=C(C)C3=C(O)CC(=C4NC(=CC5=NC(=C2)C(/C=C\c2ccc(C=O)cc2)=C5C)[C@@H](C)[C@@H]4CCC(=O)OC)C3=N1. The monoisotopic (exact) mass is 652 g/mol. The lowest BCUT2D eigenvalue weighted by atomic mass is 9.86. The van der Waals surface area contributed by atoms with Gasteiger partial charge < -0.3 is 15.2 Å². The first-order valence-electron chi connectivity index (χ1n) is 16.9. The molecule has 1 fully saturated rings. The van der Waals surface area contributed by atoms with Crippen molar-refractivity contribution in [3.63, 3.8) is 0 Å². The molecule has 5 heterocycles. The van der Waals surface area contributed by atoms with Gasteiger partial charge in [-0.1, -0.05) is 50.3 Å². The number of aliphatic imine (C=N–C) groups is 3. The molecule has 0 radical (unpaired) electrons. The van der Waals surface area contributed by atoms with Crippen molar-refractivity contribution < 1.29 is 19.4 Å². The second-order valence-electron chi connectivity index (χ2n) is 13.3. The predicted molar refractivity (Wildman–Crippen MR) is 194 cm³/mol. The summed E-state index contributed by atoms with van der Waals surface area (Å²) in [5.74, 6) is 0.0988. The number of methoxy groups -OCH3 is 1. The van der Waals surface area contributed by atoms with E-state index in [9.17, 15) is 14.7 Å². The summed E-state index contributed by atoms with van der Waals surface area (Å²) in [5, 5.41) is 15.0. The maximum absolute atomic E-state index is 12.3. The number of carbonyl (C=O) groups is 2. The number of ether oxygens (including phenoxy) is 1. The molecule has 1 saturated heterocycles. The van der Waals surface area contributed by atoms with Gasteiger partial charge in [0, 0.05) is 58.4 Å². The molecule has 7 rings (SSSR count). The Kier molecular flexibility index (Phi) is 8.27. The summed E-state index contributed by atoms with van der Waals surface area (Å²) in [5.41, 5.74) is 15.5. The highest BCUT2D eigenvalue weighted by molar-refractivity contribution is 6.21. The van der Waals surface area contributed by atoms with Crippen molar-refractivity contribution >= 4 is 35.5 Å². The van der Waals surface area contributed by atoms with Crippen LogP contribution in [-0.4, -0.2) is 41.6 Å². The molecule has 1 aromatic rings. The van der Waals surface area contributed by atoms with Crippen LogP contribution >= 0.6 is 0 Å². The quantitative estimate of drug-likeness (QED) is 0.228. The lowest BCUT2D eigenvalue weighted by molar-refractivity contribution is -0.140. The minimum absolute atomic E-state index is 0.0116. The Hall–Kier alpha value is -5.37.